The minimum atomic E-state index is -0.489. The van der Waals surface area contributed by atoms with Gasteiger partial charge in [0.2, 0.25) is 0 Å². The minimum absolute atomic E-state index is 0.110. The predicted molar refractivity (Wildman–Crippen MR) is 49.9 cm³/mol. The number of hydrogen-bond acceptors (Lipinski definition) is 3. The van der Waals surface area contributed by atoms with Crippen molar-refractivity contribution in [1.82, 2.24) is 0 Å². The molecule has 1 saturated heterocycles. The van der Waals surface area contributed by atoms with Crippen LogP contribution in [0, 0.1) is 0 Å². The highest BCUT2D eigenvalue weighted by Gasteiger charge is 2.34. The summed E-state index contributed by atoms with van der Waals surface area (Å²) in [6.07, 6.45) is 0.110. The van der Waals surface area contributed by atoms with Crippen LogP contribution in [0.4, 0.5) is 0 Å². The first kappa shape index (κ1) is 9.21. The molecule has 0 aromatic heterocycles. The summed E-state index contributed by atoms with van der Waals surface area (Å²) in [5, 5.41) is 0.551. The number of hydrogen-bond donors (Lipinski definition) is 0. The Bertz CT molecular complexity index is 400. The number of esters is 2. The van der Waals surface area contributed by atoms with E-state index in [1.165, 1.54) is 0 Å². The molecule has 0 radical (unpaired) electrons. The van der Waals surface area contributed by atoms with Crippen molar-refractivity contribution in [3.05, 3.63) is 34.9 Å². The fourth-order valence-corrected chi connectivity index (χ4v) is 1.65. The third-order valence-electron chi connectivity index (χ3n) is 2.12. The van der Waals surface area contributed by atoms with E-state index in [4.69, 9.17) is 11.6 Å². The Morgan fingerprint density at radius 3 is 2.71 bits per heavy atom. The monoisotopic (exact) mass is 210 g/mol. The molecule has 1 aliphatic heterocycles. The van der Waals surface area contributed by atoms with E-state index in [9.17, 15) is 9.59 Å². The molecule has 1 unspecified atom stereocenters. The molecular formula is C10H7ClO3. The second kappa shape index (κ2) is 3.42. The number of carbonyl (C=O) groups is 2. The smallest absolute Gasteiger partial charge is 0.321 e. The third-order valence-corrected chi connectivity index (χ3v) is 2.36. The van der Waals surface area contributed by atoms with Crippen LogP contribution in [0.3, 0.4) is 0 Å². The average molecular weight is 211 g/mol. The zero-order valence-corrected chi connectivity index (χ0v) is 7.95. The van der Waals surface area contributed by atoms with Crippen LogP contribution < -0.4 is 0 Å². The topological polar surface area (TPSA) is 43.4 Å². The molecule has 1 atom stereocenters. The Kier molecular flexibility index (Phi) is 2.25. The van der Waals surface area contributed by atoms with Gasteiger partial charge in [-0.3, -0.25) is 9.59 Å². The molecule has 1 aromatic carbocycles. The van der Waals surface area contributed by atoms with Crippen molar-refractivity contribution in [3.63, 3.8) is 0 Å². The molecule has 1 heterocycles. The highest BCUT2D eigenvalue weighted by atomic mass is 35.5. The number of cyclic esters (lactones) is 2. The second-order valence-corrected chi connectivity index (χ2v) is 3.54. The molecule has 1 aromatic rings. The molecule has 0 saturated carbocycles. The molecule has 3 nitrogen and oxygen atoms in total. The highest BCUT2D eigenvalue weighted by molar-refractivity contribution is 6.30. The van der Waals surface area contributed by atoms with Crippen LogP contribution in [0.5, 0.6) is 0 Å². The molecule has 4 heteroatoms. The summed E-state index contributed by atoms with van der Waals surface area (Å²) >= 11 is 5.77. The Morgan fingerprint density at radius 2 is 2.14 bits per heavy atom. The summed E-state index contributed by atoms with van der Waals surface area (Å²) in [7, 11) is 0. The van der Waals surface area contributed by atoms with Gasteiger partial charge in [0.15, 0.2) is 0 Å². The number of ether oxygens (including phenoxy) is 1. The quantitative estimate of drug-likeness (QED) is 0.525. The van der Waals surface area contributed by atoms with E-state index in [0.717, 1.165) is 5.56 Å². The Hall–Kier alpha value is -1.35. The van der Waals surface area contributed by atoms with Crippen molar-refractivity contribution in [2.24, 2.45) is 0 Å². The van der Waals surface area contributed by atoms with E-state index >= 15 is 0 Å². The highest BCUT2D eigenvalue weighted by Crippen LogP contribution is 2.28. The minimum Gasteiger partial charge on any atom is -0.393 e. The Labute approximate surface area is 85.6 Å². The molecule has 0 spiro atoms. The van der Waals surface area contributed by atoms with Gasteiger partial charge in [0.25, 0.3) is 0 Å². The largest absolute Gasteiger partial charge is 0.393 e. The fourth-order valence-electron chi connectivity index (χ4n) is 1.45. The zero-order valence-electron chi connectivity index (χ0n) is 7.20. The van der Waals surface area contributed by atoms with Gasteiger partial charge in [-0.1, -0.05) is 23.7 Å². The summed E-state index contributed by atoms with van der Waals surface area (Å²) in [4.78, 5) is 22.1. The van der Waals surface area contributed by atoms with E-state index in [2.05, 4.69) is 4.74 Å². The van der Waals surface area contributed by atoms with Crippen LogP contribution in [-0.4, -0.2) is 11.9 Å². The summed E-state index contributed by atoms with van der Waals surface area (Å²) in [6, 6.07) is 6.89. The van der Waals surface area contributed by atoms with Crippen molar-refractivity contribution >= 4 is 23.5 Å². The first-order valence-electron chi connectivity index (χ1n) is 4.17. The van der Waals surface area contributed by atoms with Crippen LogP contribution in [0.1, 0.15) is 17.9 Å². The number of carbonyl (C=O) groups excluding carboxylic acids is 2. The van der Waals surface area contributed by atoms with Crippen molar-refractivity contribution in [2.45, 2.75) is 12.3 Å². The van der Waals surface area contributed by atoms with E-state index in [0.29, 0.717) is 5.02 Å². The van der Waals surface area contributed by atoms with Crippen molar-refractivity contribution < 1.29 is 14.3 Å². The van der Waals surface area contributed by atoms with Gasteiger partial charge < -0.3 is 4.74 Å². The maximum absolute atomic E-state index is 11.2. The molecular weight excluding hydrogens is 204 g/mol. The van der Waals surface area contributed by atoms with Crippen LogP contribution >= 0.6 is 11.6 Å². The van der Waals surface area contributed by atoms with Gasteiger partial charge in [0.1, 0.15) is 0 Å². The second-order valence-electron chi connectivity index (χ2n) is 3.10. The molecule has 1 fully saturated rings. The molecule has 2 rings (SSSR count). The molecule has 0 N–H and O–H groups in total. The lowest BCUT2D eigenvalue weighted by Gasteiger charge is -2.04. The SMILES string of the molecule is O=C1CC(c2cccc(Cl)c2)C(=O)O1. The first-order chi connectivity index (χ1) is 6.66. The Balaban J connectivity index is 2.31. The number of halogens is 1. The molecule has 0 aliphatic carbocycles. The molecule has 14 heavy (non-hydrogen) atoms. The van der Waals surface area contributed by atoms with E-state index in [1.807, 2.05) is 0 Å². The molecule has 1 aliphatic rings. The van der Waals surface area contributed by atoms with Gasteiger partial charge in [-0.25, -0.2) is 0 Å². The van der Waals surface area contributed by atoms with Gasteiger partial charge in [0.05, 0.1) is 12.3 Å². The first-order valence-corrected chi connectivity index (χ1v) is 4.54. The summed E-state index contributed by atoms with van der Waals surface area (Å²) in [5.41, 5.74) is 0.730. The number of rotatable bonds is 1. The molecule has 0 amide bonds. The maximum atomic E-state index is 11.2. The third kappa shape index (κ3) is 1.63. The van der Waals surface area contributed by atoms with E-state index in [-0.39, 0.29) is 6.42 Å². The van der Waals surface area contributed by atoms with Crippen LogP contribution in [0.2, 0.25) is 5.02 Å². The van der Waals surface area contributed by atoms with Gasteiger partial charge in [-0.2, -0.15) is 0 Å². The summed E-state index contributed by atoms with van der Waals surface area (Å²) < 4.78 is 4.45. The summed E-state index contributed by atoms with van der Waals surface area (Å²) in [5.74, 6) is -1.45. The van der Waals surface area contributed by atoms with Crippen molar-refractivity contribution in [3.8, 4) is 0 Å². The lowest BCUT2D eigenvalue weighted by molar-refractivity contribution is -0.152. The van der Waals surface area contributed by atoms with E-state index < -0.39 is 17.9 Å². The normalized spacial score (nSPS) is 21.1. The van der Waals surface area contributed by atoms with Crippen molar-refractivity contribution in [1.29, 1.82) is 0 Å². The Morgan fingerprint density at radius 1 is 1.36 bits per heavy atom. The zero-order chi connectivity index (χ0) is 10.1. The molecule has 72 valence electrons. The standard InChI is InChI=1S/C10H7ClO3/c11-7-3-1-2-6(4-7)8-5-9(12)14-10(8)13/h1-4,8H,5H2. The van der Waals surface area contributed by atoms with Gasteiger partial charge in [0, 0.05) is 5.02 Å². The van der Waals surface area contributed by atoms with E-state index in [1.54, 1.807) is 24.3 Å². The lowest BCUT2D eigenvalue weighted by atomic mass is 9.98. The average Bonchev–Trinajstić information content (AvgIpc) is 2.45. The van der Waals surface area contributed by atoms with Crippen LogP contribution in [0.25, 0.3) is 0 Å². The van der Waals surface area contributed by atoms with Gasteiger partial charge in [-0.05, 0) is 17.7 Å². The number of benzene rings is 1. The summed E-state index contributed by atoms with van der Waals surface area (Å²) in [6.45, 7) is 0. The van der Waals surface area contributed by atoms with Crippen LogP contribution in [0.15, 0.2) is 24.3 Å². The van der Waals surface area contributed by atoms with Gasteiger partial charge >= 0.3 is 11.9 Å². The lowest BCUT2D eigenvalue weighted by Crippen LogP contribution is -2.05. The fraction of sp³-hybridized carbons (Fsp3) is 0.200. The maximum Gasteiger partial charge on any atom is 0.321 e. The molecule has 0 bridgehead atoms. The van der Waals surface area contributed by atoms with Crippen LogP contribution in [-0.2, 0) is 14.3 Å². The predicted octanol–water partition coefficient (Wildman–Crippen LogP) is 1.90. The van der Waals surface area contributed by atoms with Crippen molar-refractivity contribution in [2.75, 3.05) is 0 Å². The van der Waals surface area contributed by atoms with Gasteiger partial charge in [-0.15, -0.1) is 0 Å².